The summed E-state index contributed by atoms with van der Waals surface area (Å²) in [6.45, 7) is 1.45. The Morgan fingerprint density at radius 1 is 0.594 bits per heavy atom. The lowest BCUT2D eigenvalue weighted by Gasteiger charge is -2.26. The Labute approximate surface area is 194 Å². The minimum Gasteiger partial charge on any atom is -0.340 e. The van der Waals surface area contributed by atoms with Crippen LogP contribution in [0.15, 0.2) is 125 Å². The zero-order valence-electron chi connectivity index (χ0n) is 17.6. The Hall–Kier alpha value is -3.83. The fourth-order valence-electron chi connectivity index (χ4n) is 3.23. The van der Waals surface area contributed by atoms with Crippen LogP contribution in [0.2, 0.25) is 0 Å². The van der Waals surface area contributed by atoms with Crippen molar-refractivity contribution >= 4 is 34.4 Å². The summed E-state index contributed by atoms with van der Waals surface area (Å²) in [4.78, 5) is 2.17. The number of azo groups is 1. The van der Waals surface area contributed by atoms with Gasteiger partial charge in [0.05, 0.1) is 11.4 Å². The third-order valence-corrected chi connectivity index (χ3v) is 5.24. The van der Waals surface area contributed by atoms with Crippen molar-refractivity contribution < 1.29 is 0 Å². The van der Waals surface area contributed by atoms with E-state index in [1.54, 1.807) is 0 Å². The van der Waals surface area contributed by atoms with Crippen molar-refractivity contribution in [2.45, 2.75) is 13.1 Å². The maximum atomic E-state index is 5.78. The molecule has 0 bridgehead atoms. The lowest BCUT2D eigenvalue weighted by atomic mass is 10.2. The van der Waals surface area contributed by atoms with E-state index >= 15 is 0 Å². The largest absolute Gasteiger partial charge is 0.340 e. The fraction of sp³-hybridized carbons (Fsp3) is 0.0741. The molecule has 4 aromatic rings. The molecule has 0 saturated heterocycles. The molecule has 0 aliphatic carbocycles. The number of nitrogens with zero attached hydrogens (tertiary/aromatic N) is 3. The molecule has 4 rings (SSSR count). The van der Waals surface area contributed by atoms with E-state index in [0.29, 0.717) is 5.11 Å². The molecule has 0 aliphatic heterocycles. The van der Waals surface area contributed by atoms with Gasteiger partial charge in [0.15, 0.2) is 5.11 Å². The molecular formula is C27H24N4S. The fourth-order valence-corrected chi connectivity index (χ4v) is 3.48. The molecule has 4 aromatic carbocycles. The number of thiocarbonyl (C=S) groups is 1. The number of rotatable bonds is 7. The Bertz CT molecular complexity index is 1100. The van der Waals surface area contributed by atoms with Gasteiger partial charge in [-0.05, 0) is 59.7 Å². The Balaban J connectivity index is 1.44. The Morgan fingerprint density at radius 2 is 1.03 bits per heavy atom. The highest BCUT2D eigenvalue weighted by Gasteiger charge is 2.12. The summed E-state index contributed by atoms with van der Waals surface area (Å²) in [5.41, 5.74) is 4.96. The highest BCUT2D eigenvalue weighted by Crippen LogP contribution is 2.21. The SMILES string of the molecule is S=C(Nc1ccc(N=Nc2ccccc2)cc1)N(Cc1ccccc1)Cc1ccccc1. The zero-order valence-corrected chi connectivity index (χ0v) is 18.5. The predicted molar refractivity (Wildman–Crippen MR) is 135 cm³/mol. The van der Waals surface area contributed by atoms with Crippen LogP contribution in [0.3, 0.4) is 0 Å². The molecule has 0 fully saturated rings. The van der Waals surface area contributed by atoms with E-state index in [1.807, 2.05) is 66.7 Å². The van der Waals surface area contributed by atoms with Crippen LogP contribution in [-0.2, 0) is 13.1 Å². The van der Waals surface area contributed by atoms with Crippen molar-refractivity contribution in [3.8, 4) is 0 Å². The molecule has 0 radical (unpaired) electrons. The van der Waals surface area contributed by atoms with E-state index in [-0.39, 0.29) is 0 Å². The molecular weight excluding hydrogens is 412 g/mol. The van der Waals surface area contributed by atoms with E-state index in [0.717, 1.165) is 30.2 Å². The zero-order chi connectivity index (χ0) is 22.0. The maximum Gasteiger partial charge on any atom is 0.174 e. The first-order chi connectivity index (χ1) is 15.8. The first kappa shape index (κ1) is 21.4. The second-order valence-corrected chi connectivity index (χ2v) is 7.73. The summed E-state index contributed by atoms with van der Waals surface area (Å²) in [6.07, 6.45) is 0. The van der Waals surface area contributed by atoms with Gasteiger partial charge in [-0.25, -0.2) is 0 Å². The summed E-state index contributed by atoms with van der Waals surface area (Å²) in [7, 11) is 0. The lowest BCUT2D eigenvalue weighted by molar-refractivity contribution is 0.413. The van der Waals surface area contributed by atoms with Crippen LogP contribution < -0.4 is 5.32 Å². The standard InChI is InChI=1S/C27H24N4S/c32-27(28-24-16-18-26(19-17-24)30-29-25-14-8-3-9-15-25)31(20-22-10-4-1-5-11-22)21-23-12-6-2-7-13-23/h1-19H,20-21H2,(H,28,32). The Kier molecular flexibility index (Phi) is 7.34. The number of hydrogen-bond acceptors (Lipinski definition) is 3. The van der Waals surface area contributed by atoms with Crippen LogP contribution in [0.25, 0.3) is 0 Å². The first-order valence-electron chi connectivity index (χ1n) is 10.5. The summed E-state index contributed by atoms with van der Waals surface area (Å²) in [5.74, 6) is 0. The molecule has 0 heterocycles. The molecule has 0 aromatic heterocycles. The molecule has 4 nitrogen and oxygen atoms in total. The van der Waals surface area contributed by atoms with Gasteiger partial charge in [-0.15, -0.1) is 0 Å². The van der Waals surface area contributed by atoms with Gasteiger partial charge in [-0.1, -0.05) is 78.9 Å². The smallest absolute Gasteiger partial charge is 0.174 e. The molecule has 0 atom stereocenters. The minimum absolute atomic E-state index is 0.677. The third-order valence-electron chi connectivity index (χ3n) is 4.88. The van der Waals surface area contributed by atoms with Crippen molar-refractivity contribution in [2.24, 2.45) is 10.2 Å². The summed E-state index contributed by atoms with van der Waals surface area (Å²) < 4.78 is 0. The lowest BCUT2D eigenvalue weighted by Crippen LogP contribution is -2.33. The predicted octanol–water partition coefficient (Wildman–Crippen LogP) is 7.50. The molecule has 158 valence electrons. The Morgan fingerprint density at radius 3 is 1.53 bits per heavy atom. The second-order valence-electron chi connectivity index (χ2n) is 7.34. The van der Waals surface area contributed by atoms with Gasteiger partial charge < -0.3 is 10.2 Å². The summed E-state index contributed by atoms with van der Waals surface area (Å²) in [5, 5.41) is 12.6. The maximum absolute atomic E-state index is 5.78. The molecule has 1 N–H and O–H groups in total. The van der Waals surface area contributed by atoms with E-state index in [1.165, 1.54) is 11.1 Å². The highest BCUT2D eigenvalue weighted by atomic mass is 32.1. The average Bonchev–Trinajstić information content (AvgIpc) is 2.85. The van der Waals surface area contributed by atoms with Crippen molar-refractivity contribution in [1.82, 2.24) is 4.90 Å². The minimum atomic E-state index is 0.677. The van der Waals surface area contributed by atoms with Crippen LogP contribution in [0.4, 0.5) is 17.1 Å². The monoisotopic (exact) mass is 436 g/mol. The molecule has 0 amide bonds. The topological polar surface area (TPSA) is 40.0 Å². The van der Waals surface area contributed by atoms with E-state index < -0.39 is 0 Å². The molecule has 0 spiro atoms. The number of hydrogen-bond donors (Lipinski definition) is 1. The van der Waals surface area contributed by atoms with E-state index in [4.69, 9.17) is 12.2 Å². The van der Waals surface area contributed by atoms with Gasteiger partial charge in [-0.3, -0.25) is 0 Å². The first-order valence-corrected chi connectivity index (χ1v) is 10.9. The second kappa shape index (κ2) is 11.0. The summed E-state index contributed by atoms with van der Waals surface area (Å²) in [6, 6.07) is 38.2. The summed E-state index contributed by atoms with van der Waals surface area (Å²) >= 11 is 5.78. The number of benzene rings is 4. The van der Waals surface area contributed by atoms with Gasteiger partial charge in [0.1, 0.15) is 0 Å². The van der Waals surface area contributed by atoms with Crippen LogP contribution in [0.1, 0.15) is 11.1 Å². The molecule has 0 saturated carbocycles. The van der Waals surface area contributed by atoms with Crippen LogP contribution in [-0.4, -0.2) is 10.0 Å². The third kappa shape index (κ3) is 6.33. The van der Waals surface area contributed by atoms with Crippen molar-refractivity contribution in [2.75, 3.05) is 5.32 Å². The van der Waals surface area contributed by atoms with Gasteiger partial charge >= 0.3 is 0 Å². The van der Waals surface area contributed by atoms with Gasteiger partial charge in [-0.2, -0.15) is 10.2 Å². The van der Waals surface area contributed by atoms with Gasteiger partial charge in [0, 0.05) is 18.8 Å². The van der Waals surface area contributed by atoms with Crippen LogP contribution in [0, 0.1) is 0 Å². The molecule has 0 aliphatic rings. The van der Waals surface area contributed by atoms with Gasteiger partial charge in [0.2, 0.25) is 0 Å². The van der Waals surface area contributed by atoms with Gasteiger partial charge in [0.25, 0.3) is 0 Å². The highest BCUT2D eigenvalue weighted by molar-refractivity contribution is 7.80. The van der Waals surface area contributed by atoms with Crippen LogP contribution in [0.5, 0.6) is 0 Å². The molecule has 0 unspecified atom stereocenters. The molecule has 5 heteroatoms. The van der Waals surface area contributed by atoms with Crippen LogP contribution >= 0.6 is 12.2 Å². The van der Waals surface area contributed by atoms with Crippen molar-refractivity contribution in [3.05, 3.63) is 126 Å². The average molecular weight is 437 g/mol. The number of anilines is 1. The van der Waals surface area contributed by atoms with Crippen molar-refractivity contribution in [3.63, 3.8) is 0 Å². The van der Waals surface area contributed by atoms with E-state index in [9.17, 15) is 0 Å². The van der Waals surface area contributed by atoms with Crippen molar-refractivity contribution in [1.29, 1.82) is 0 Å². The normalized spacial score (nSPS) is 10.8. The van der Waals surface area contributed by atoms with E-state index in [2.05, 4.69) is 69.0 Å². The quantitative estimate of drug-likeness (QED) is 0.241. The number of nitrogens with one attached hydrogen (secondary N) is 1. The molecule has 32 heavy (non-hydrogen) atoms.